The van der Waals surface area contributed by atoms with Gasteiger partial charge in [-0.25, -0.2) is 0 Å². The minimum atomic E-state index is -0.0243. The van der Waals surface area contributed by atoms with Gasteiger partial charge in [0.1, 0.15) is 5.75 Å². The van der Waals surface area contributed by atoms with Gasteiger partial charge in [0.15, 0.2) is 0 Å². The van der Waals surface area contributed by atoms with Crippen molar-refractivity contribution in [2.45, 2.75) is 99.1 Å². The molecule has 4 nitrogen and oxygen atoms in total. The fourth-order valence-corrected chi connectivity index (χ4v) is 5.73. The van der Waals surface area contributed by atoms with E-state index in [2.05, 4.69) is 62.1 Å². The second-order valence-corrected chi connectivity index (χ2v) is 11.1. The SMILES string of the molecule is CC.CCOC(=O)C1CCN(Cc2ccc3cc(OC4CCC(C(C)(C)CC)CC4)ccc3c2)CC1. The predicted octanol–water partition coefficient (Wildman–Crippen LogP) is 8.01. The molecule has 0 unspecified atom stereocenters. The molecule has 1 aliphatic carbocycles. The molecule has 36 heavy (non-hydrogen) atoms. The topological polar surface area (TPSA) is 38.8 Å². The summed E-state index contributed by atoms with van der Waals surface area (Å²) in [5, 5.41) is 2.50. The van der Waals surface area contributed by atoms with Crippen LogP contribution in [0.25, 0.3) is 10.8 Å². The first-order chi connectivity index (χ1) is 17.4. The standard InChI is InChI=1S/C30H43NO3.C2H6/c1-5-30(3,4)26-10-13-27(14-11-26)34-28-12-9-24-19-22(7-8-25(24)20-28)21-31-17-15-23(16-18-31)29(32)33-6-2;1-2/h7-9,12,19-20,23,26-27H,5-6,10-11,13-18,21H2,1-4H3;1-2H3. The van der Waals surface area contributed by atoms with Gasteiger partial charge in [0.25, 0.3) is 0 Å². The van der Waals surface area contributed by atoms with Crippen molar-refractivity contribution in [1.29, 1.82) is 0 Å². The Bertz CT molecular complexity index is 953. The quantitative estimate of drug-likeness (QED) is 0.348. The van der Waals surface area contributed by atoms with Gasteiger partial charge in [0, 0.05) is 6.54 Å². The third-order valence-electron chi connectivity index (χ3n) is 8.48. The number of ether oxygens (including phenoxy) is 2. The van der Waals surface area contributed by atoms with Gasteiger partial charge in [-0.2, -0.15) is 0 Å². The largest absolute Gasteiger partial charge is 0.490 e. The Hall–Kier alpha value is -2.07. The molecule has 2 aromatic rings. The molecule has 0 atom stereocenters. The van der Waals surface area contributed by atoms with Crippen molar-refractivity contribution in [2.75, 3.05) is 19.7 Å². The maximum Gasteiger partial charge on any atom is 0.309 e. The molecule has 1 saturated carbocycles. The molecular weight excluding hydrogens is 446 g/mol. The molecule has 200 valence electrons. The highest BCUT2D eigenvalue weighted by atomic mass is 16.5. The molecule has 1 aliphatic heterocycles. The van der Waals surface area contributed by atoms with Gasteiger partial charge in [-0.05, 0) is 104 Å². The van der Waals surface area contributed by atoms with Gasteiger partial charge >= 0.3 is 5.97 Å². The highest BCUT2D eigenvalue weighted by Crippen LogP contribution is 2.41. The summed E-state index contributed by atoms with van der Waals surface area (Å²) < 4.78 is 11.6. The molecule has 4 heteroatoms. The van der Waals surface area contributed by atoms with Crippen LogP contribution < -0.4 is 4.74 Å². The van der Waals surface area contributed by atoms with Crippen LogP contribution in [0.15, 0.2) is 36.4 Å². The Morgan fingerprint density at radius 3 is 2.19 bits per heavy atom. The van der Waals surface area contributed by atoms with Crippen LogP contribution in [0.3, 0.4) is 0 Å². The number of benzene rings is 2. The Balaban J connectivity index is 0.00000176. The molecule has 0 amide bonds. The van der Waals surface area contributed by atoms with Gasteiger partial charge in [0.2, 0.25) is 0 Å². The van der Waals surface area contributed by atoms with E-state index in [-0.39, 0.29) is 11.9 Å². The summed E-state index contributed by atoms with van der Waals surface area (Å²) in [5.74, 6) is 1.87. The van der Waals surface area contributed by atoms with Gasteiger partial charge in [-0.15, -0.1) is 0 Å². The molecule has 2 aliphatic rings. The lowest BCUT2D eigenvalue weighted by atomic mass is 9.69. The van der Waals surface area contributed by atoms with Crippen LogP contribution in [0, 0.1) is 17.3 Å². The molecule has 0 spiro atoms. The minimum absolute atomic E-state index is 0.0243. The first-order valence-corrected chi connectivity index (χ1v) is 14.5. The van der Waals surface area contributed by atoms with Crippen LogP contribution in [0.1, 0.15) is 92.1 Å². The smallest absolute Gasteiger partial charge is 0.309 e. The second kappa shape index (κ2) is 13.5. The lowest BCUT2D eigenvalue weighted by molar-refractivity contribution is -0.149. The molecule has 0 radical (unpaired) electrons. The average Bonchev–Trinajstić information content (AvgIpc) is 2.91. The summed E-state index contributed by atoms with van der Waals surface area (Å²) in [6, 6.07) is 13.3. The zero-order chi connectivity index (χ0) is 26.1. The molecule has 1 saturated heterocycles. The Morgan fingerprint density at radius 1 is 0.917 bits per heavy atom. The van der Waals surface area contributed by atoms with Crippen LogP contribution in [-0.2, 0) is 16.1 Å². The van der Waals surface area contributed by atoms with Crippen molar-refractivity contribution in [3.8, 4) is 5.75 Å². The number of carbonyl (C=O) groups excluding carboxylic acids is 1. The number of piperidine rings is 1. The summed E-state index contributed by atoms with van der Waals surface area (Å²) >= 11 is 0. The van der Waals surface area contributed by atoms with Crippen LogP contribution in [0.4, 0.5) is 0 Å². The minimum Gasteiger partial charge on any atom is -0.490 e. The molecule has 1 heterocycles. The van der Waals surface area contributed by atoms with E-state index >= 15 is 0 Å². The first kappa shape index (κ1) is 28.5. The van der Waals surface area contributed by atoms with E-state index in [0.717, 1.165) is 57.0 Å². The molecule has 0 N–H and O–H groups in total. The van der Waals surface area contributed by atoms with E-state index in [1.165, 1.54) is 35.6 Å². The molecule has 0 bridgehead atoms. The summed E-state index contributed by atoms with van der Waals surface area (Å²) in [5.41, 5.74) is 1.77. The fourth-order valence-electron chi connectivity index (χ4n) is 5.73. The highest BCUT2D eigenvalue weighted by Gasteiger charge is 2.32. The van der Waals surface area contributed by atoms with Crippen LogP contribution in [0.2, 0.25) is 0 Å². The average molecular weight is 496 g/mol. The van der Waals surface area contributed by atoms with Crippen LogP contribution in [-0.4, -0.2) is 36.7 Å². The van der Waals surface area contributed by atoms with E-state index in [4.69, 9.17) is 9.47 Å². The van der Waals surface area contributed by atoms with Gasteiger partial charge < -0.3 is 9.47 Å². The maximum atomic E-state index is 12.0. The zero-order valence-electron chi connectivity index (χ0n) is 23.6. The number of likely N-dealkylation sites (tertiary alicyclic amines) is 1. The highest BCUT2D eigenvalue weighted by molar-refractivity contribution is 5.84. The third kappa shape index (κ3) is 7.47. The number of nitrogens with zero attached hydrogens (tertiary/aromatic N) is 1. The number of esters is 1. The van der Waals surface area contributed by atoms with E-state index < -0.39 is 0 Å². The molecule has 4 rings (SSSR count). The number of rotatable bonds is 8. The van der Waals surface area contributed by atoms with Crippen molar-refractivity contribution in [1.82, 2.24) is 4.90 Å². The Kier molecular flexibility index (Phi) is 10.7. The Labute approximate surface area is 219 Å². The molecule has 0 aromatic heterocycles. The van der Waals surface area contributed by atoms with Crippen LogP contribution >= 0.6 is 0 Å². The van der Waals surface area contributed by atoms with Crippen molar-refractivity contribution in [2.24, 2.45) is 17.3 Å². The third-order valence-corrected chi connectivity index (χ3v) is 8.48. The van der Waals surface area contributed by atoms with Crippen molar-refractivity contribution >= 4 is 16.7 Å². The van der Waals surface area contributed by atoms with Gasteiger partial charge in [-0.1, -0.05) is 59.2 Å². The first-order valence-electron chi connectivity index (χ1n) is 14.5. The molecule has 2 fully saturated rings. The molecular formula is C32H49NO3. The number of carbonyl (C=O) groups is 1. The number of hydrogen-bond donors (Lipinski definition) is 0. The Morgan fingerprint density at radius 2 is 1.56 bits per heavy atom. The van der Waals surface area contributed by atoms with E-state index in [1.54, 1.807) is 0 Å². The molecule has 2 aromatic carbocycles. The van der Waals surface area contributed by atoms with E-state index in [0.29, 0.717) is 18.1 Å². The van der Waals surface area contributed by atoms with Crippen molar-refractivity contribution in [3.63, 3.8) is 0 Å². The van der Waals surface area contributed by atoms with Crippen LogP contribution in [0.5, 0.6) is 5.75 Å². The fraction of sp³-hybridized carbons (Fsp3) is 0.656. The maximum absolute atomic E-state index is 12.0. The predicted molar refractivity (Wildman–Crippen MR) is 150 cm³/mol. The lowest BCUT2D eigenvalue weighted by Gasteiger charge is -2.38. The normalized spacial score (nSPS) is 21.5. The second-order valence-electron chi connectivity index (χ2n) is 11.1. The van der Waals surface area contributed by atoms with Crippen molar-refractivity contribution in [3.05, 3.63) is 42.0 Å². The number of hydrogen-bond acceptors (Lipinski definition) is 4. The van der Waals surface area contributed by atoms with Gasteiger partial charge in [0.05, 0.1) is 18.6 Å². The summed E-state index contributed by atoms with van der Waals surface area (Å²) in [6.45, 7) is 16.3. The monoisotopic (exact) mass is 495 g/mol. The van der Waals surface area contributed by atoms with Crippen molar-refractivity contribution < 1.29 is 14.3 Å². The van der Waals surface area contributed by atoms with Gasteiger partial charge in [-0.3, -0.25) is 9.69 Å². The summed E-state index contributed by atoms with van der Waals surface area (Å²) in [4.78, 5) is 14.4. The number of fused-ring (bicyclic) bond motifs is 1. The lowest BCUT2D eigenvalue weighted by Crippen LogP contribution is -2.36. The summed E-state index contributed by atoms with van der Waals surface area (Å²) in [6.07, 6.45) is 8.27. The summed E-state index contributed by atoms with van der Waals surface area (Å²) in [7, 11) is 0. The van der Waals surface area contributed by atoms with E-state index in [9.17, 15) is 4.79 Å². The zero-order valence-corrected chi connectivity index (χ0v) is 23.6. The van der Waals surface area contributed by atoms with E-state index in [1.807, 2.05) is 20.8 Å².